The van der Waals surface area contributed by atoms with Crippen LogP contribution in [0.5, 0.6) is 0 Å². The van der Waals surface area contributed by atoms with Gasteiger partial charge in [-0.3, -0.25) is 10.1 Å². The topological polar surface area (TPSA) is 41.6 Å². The third kappa shape index (κ3) is 1.44. The van der Waals surface area contributed by atoms with E-state index in [4.69, 9.17) is 0 Å². The van der Waals surface area contributed by atoms with Crippen molar-refractivity contribution in [3.8, 4) is 0 Å². The Morgan fingerprint density at radius 3 is 2.75 bits per heavy atom. The number of rotatable bonds is 0. The largest absolute Gasteiger partial charge is 0.276 e. The van der Waals surface area contributed by atoms with E-state index in [1.807, 2.05) is 26.8 Å². The molecule has 0 saturated heterocycles. The van der Waals surface area contributed by atoms with Gasteiger partial charge in [-0.25, -0.2) is 0 Å². The molecule has 2 aromatic heterocycles. The molecule has 3 nitrogen and oxygen atoms in total. The fraction of sp³-hybridized carbons (Fsp3) is 0.333. The molecule has 0 atom stereocenters. The van der Waals surface area contributed by atoms with Crippen molar-refractivity contribution in [2.24, 2.45) is 0 Å². The number of H-pyrrole nitrogens is 1. The lowest BCUT2D eigenvalue weighted by Crippen LogP contribution is -1.80. The van der Waals surface area contributed by atoms with Crippen LogP contribution >= 0.6 is 0 Å². The molecule has 0 aliphatic carbocycles. The van der Waals surface area contributed by atoms with Gasteiger partial charge in [-0.15, -0.1) is 0 Å². The highest BCUT2D eigenvalue weighted by Gasteiger charge is 1.96. The molecule has 12 heavy (non-hydrogen) atoms. The van der Waals surface area contributed by atoms with Crippen LogP contribution in [0, 0.1) is 6.92 Å². The zero-order valence-electron chi connectivity index (χ0n) is 7.63. The average molecular weight is 163 g/mol. The third-order valence-electron chi connectivity index (χ3n) is 1.55. The van der Waals surface area contributed by atoms with Gasteiger partial charge in [0.15, 0.2) is 0 Å². The number of nitrogens with zero attached hydrogens (tertiary/aromatic N) is 2. The van der Waals surface area contributed by atoms with E-state index in [9.17, 15) is 0 Å². The van der Waals surface area contributed by atoms with E-state index in [1.165, 1.54) is 0 Å². The van der Waals surface area contributed by atoms with Crippen molar-refractivity contribution in [2.75, 3.05) is 0 Å². The molecule has 2 heterocycles. The van der Waals surface area contributed by atoms with Crippen LogP contribution in [0.2, 0.25) is 0 Å². The first-order chi connectivity index (χ1) is 5.88. The smallest absolute Gasteiger partial charge is 0.0862 e. The fourth-order valence-corrected chi connectivity index (χ4v) is 1.01. The van der Waals surface area contributed by atoms with Crippen LogP contribution in [0.3, 0.4) is 0 Å². The van der Waals surface area contributed by atoms with E-state index < -0.39 is 0 Å². The molecular weight excluding hydrogens is 150 g/mol. The van der Waals surface area contributed by atoms with Gasteiger partial charge in [0, 0.05) is 11.6 Å². The molecule has 2 aromatic rings. The minimum absolute atomic E-state index is 0.995. The van der Waals surface area contributed by atoms with E-state index in [1.54, 1.807) is 12.4 Å². The molecule has 64 valence electrons. The van der Waals surface area contributed by atoms with Gasteiger partial charge in [-0.2, -0.15) is 5.10 Å². The summed E-state index contributed by atoms with van der Waals surface area (Å²) in [6.45, 7) is 5.96. The van der Waals surface area contributed by atoms with Gasteiger partial charge >= 0.3 is 0 Å². The Bertz CT molecular complexity index is 351. The summed E-state index contributed by atoms with van der Waals surface area (Å²) in [6.07, 6.45) is 3.58. The second kappa shape index (κ2) is 3.85. The molecule has 0 aliphatic heterocycles. The molecule has 1 N–H and O–H groups in total. The predicted octanol–water partition coefficient (Wildman–Crippen LogP) is 2.29. The average Bonchev–Trinajstić information content (AvgIpc) is 2.57. The normalized spacial score (nSPS) is 9.25. The summed E-state index contributed by atoms with van der Waals surface area (Å²) in [5.74, 6) is 0. The first kappa shape index (κ1) is 8.71. The first-order valence-electron chi connectivity index (χ1n) is 4.12. The summed E-state index contributed by atoms with van der Waals surface area (Å²) < 4.78 is 0. The Labute approximate surface area is 71.8 Å². The molecule has 0 saturated carbocycles. The summed E-state index contributed by atoms with van der Waals surface area (Å²) in [7, 11) is 0. The first-order valence-corrected chi connectivity index (χ1v) is 4.12. The Balaban J connectivity index is 0.000000336. The van der Waals surface area contributed by atoms with E-state index in [0.29, 0.717) is 0 Å². The maximum atomic E-state index is 4.11. The van der Waals surface area contributed by atoms with Gasteiger partial charge in [-0.1, -0.05) is 13.8 Å². The fourth-order valence-electron chi connectivity index (χ4n) is 1.01. The maximum absolute atomic E-state index is 4.11. The predicted molar refractivity (Wildman–Crippen MR) is 50.0 cm³/mol. The number of hydrogen-bond acceptors (Lipinski definition) is 2. The highest BCUT2D eigenvalue weighted by atomic mass is 15.1. The minimum atomic E-state index is 0.995. The van der Waals surface area contributed by atoms with E-state index in [-0.39, 0.29) is 0 Å². The van der Waals surface area contributed by atoms with Crippen molar-refractivity contribution in [1.29, 1.82) is 0 Å². The van der Waals surface area contributed by atoms with Crippen molar-refractivity contribution in [1.82, 2.24) is 15.2 Å². The van der Waals surface area contributed by atoms with Gasteiger partial charge in [0.2, 0.25) is 0 Å². The quantitative estimate of drug-likeness (QED) is 0.647. The summed E-state index contributed by atoms with van der Waals surface area (Å²) >= 11 is 0. The van der Waals surface area contributed by atoms with E-state index >= 15 is 0 Å². The van der Waals surface area contributed by atoms with Gasteiger partial charge in [-0.05, 0) is 13.0 Å². The number of hydrogen-bond donors (Lipinski definition) is 1. The molecule has 0 unspecified atom stereocenters. The second-order valence-electron chi connectivity index (χ2n) is 2.23. The highest BCUT2D eigenvalue weighted by molar-refractivity contribution is 5.79. The lowest BCUT2D eigenvalue weighted by molar-refractivity contribution is 1.10. The van der Waals surface area contributed by atoms with Crippen LogP contribution in [-0.4, -0.2) is 15.2 Å². The molecule has 3 heteroatoms. The maximum Gasteiger partial charge on any atom is 0.0862 e. The minimum Gasteiger partial charge on any atom is -0.276 e. The van der Waals surface area contributed by atoms with Crippen LogP contribution in [0.1, 0.15) is 19.5 Å². The summed E-state index contributed by atoms with van der Waals surface area (Å²) in [6, 6.07) is 1.94. The van der Waals surface area contributed by atoms with Gasteiger partial charge < -0.3 is 0 Å². The monoisotopic (exact) mass is 163 g/mol. The molecule has 0 aliphatic rings. The van der Waals surface area contributed by atoms with E-state index in [0.717, 1.165) is 16.6 Å². The van der Waals surface area contributed by atoms with Crippen molar-refractivity contribution >= 4 is 10.9 Å². The van der Waals surface area contributed by atoms with Gasteiger partial charge in [0.1, 0.15) is 0 Å². The molecule has 0 bridgehead atoms. The van der Waals surface area contributed by atoms with Crippen LogP contribution in [0.15, 0.2) is 18.5 Å². The lowest BCUT2D eigenvalue weighted by atomic mass is 10.3. The molecular formula is C9H13N3. The zero-order chi connectivity index (χ0) is 8.97. The standard InChI is InChI=1S/C7H7N3.C2H6/c1-5-7-6(2-3-8-5)4-9-10-7;1-2/h2-4H,1H3,(H,9,10);1-2H3. The van der Waals surface area contributed by atoms with Gasteiger partial charge in [0.05, 0.1) is 17.4 Å². The van der Waals surface area contributed by atoms with Crippen molar-refractivity contribution in [3.63, 3.8) is 0 Å². The van der Waals surface area contributed by atoms with Gasteiger partial charge in [0.25, 0.3) is 0 Å². The molecule has 0 radical (unpaired) electrons. The number of nitrogens with one attached hydrogen (secondary N) is 1. The second-order valence-corrected chi connectivity index (χ2v) is 2.23. The van der Waals surface area contributed by atoms with E-state index in [2.05, 4.69) is 15.2 Å². The molecule has 0 aromatic carbocycles. The van der Waals surface area contributed by atoms with Crippen molar-refractivity contribution < 1.29 is 0 Å². The zero-order valence-corrected chi connectivity index (χ0v) is 7.63. The van der Waals surface area contributed by atoms with Crippen LogP contribution in [0.4, 0.5) is 0 Å². The molecule has 0 fully saturated rings. The molecule has 0 amide bonds. The Hall–Kier alpha value is -1.38. The third-order valence-corrected chi connectivity index (χ3v) is 1.55. The van der Waals surface area contributed by atoms with Crippen molar-refractivity contribution in [3.05, 3.63) is 24.2 Å². The lowest BCUT2D eigenvalue weighted by Gasteiger charge is -1.90. The van der Waals surface area contributed by atoms with Crippen LogP contribution in [-0.2, 0) is 0 Å². The highest BCUT2D eigenvalue weighted by Crippen LogP contribution is 2.10. The number of aromatic amines is 1. The SMILES string of the molecule is CC.Cc1nccc2cn[nH]c12. The summed E-state index contributed by atoms with van der Waals surface area (Å²) in [4.78, 5) is 4.11. The Kier molecular flexibility index (Phi) is 2.80. The number of aromatic nitrogens is 3. The number of aryl methyl sites for hydroxylation is 1. The van der Waals surface area contributed by atoms with Crippen molar-refractivity contribution in [2.45, 2.75) is 20.8 Å². The Morgan fingerprint density at radius 2 is 2.08 bits per heavy atom. The summed E-state index contributed by atoms with van der Waals surface area (Å²) in [5, 5.41) is 7.89. The van der Waals surface area contributed by atoms with Crippen LogP contribution < -0.4 is 0 Å². The molecule has 0 spiro atoms. The summed E-state index contributed by atoms with van der Waals surface area (Å²) in [5.41, 5.74) is 2.03. The van der Waals surface area contributed by atoms with Crippen LogP contribution in [0.25, 0.3) is 10.9 Å². The molecule has 2 rings (SSSR count). The Morgan fingerprint density at radius 1 is 1.33 bits per heavy atom. The number of pyridine rings is 1. The number of fused-ring (bicyclic) bond motifs is 1.